The predicted molar refractivity (Wildman–Crippen MR) is 36.2 cm³/mol. The van der Waals surface area contributed by atoms with Gasteiger partial charge in [-0.2, -0.15) is 0 Å². The molecule has 1 aromatic rings. The van der Waals surface area contributed by atoms with Crippen LogP contribution >= 0.6 is 0 Å². The molecular weight excluding hydrogens is 128 g/mol. The Morgan fingerprint density at radius 1 is 1.50 bits per heavy atom. The summed E-state index contributed by atoms with van der Waals surface area (Å²) < 4.78 is 5.07. The van der Waals surface area contributed by atoms with Gasteiger partial charge in [-0.15, -0.1) is 0 Å². The van der Waals surface area contributed by atoms with Crippen LogP contribution in [0.15, 0.2) is 18.2 Å². The molecule has 1 heterocycles. The number of fused-ring (bicyclic) bond motifs is 1. The van der Waals surface area contributed by atoms with E-state index in [4.69, 9.17) is 4.74 Å². The Morgan fingerprint density at radius 3 is 2.90 bits per heavy atom. The Hall–Kier alpha value is -1.31. The standard InChI is InChI=1S/C8H6O2/c9-4-6-2-1-3-7-5-10-8(6)7/h1-4H,5H2. The first kappa shape index (κ1) is 5.47. The van der Waals surface area contributed by atoms with Crippen molar-refractivity contribution >= 4 is 6.29 Å². The number of aldehydes is 1. The highest BCUT2D eigenvalue weighted by atomic mass is 16.5. The molecule has 0 spiro atoms. The van der Waals surface area contributed by atoms with Gasteiger partial charge in [0.05, 0.1) is 5.56 Å². The zero-order chi connectivity index (χ0) is 6.97. The van der Waals surface area contributed by atoms with Crippen LogP contribution in [0.3, 0.4) is 0 Å². The van der Waals surface area contributed by atoms with Crippen LogP contribution in [-0.2, 0) is 6.61 Å². The second kappa shape index (κ2) is 1.84. The second-order valence-electron chi connectivity index (χ2n) is 2.24. The first-order valence-corrected chi connectivity index (χ1v) is 3.11. The van der Waals surface area contributed by atoms with Gasteiger partial charge in [-0.3, -0.25) is 4.79 Å². The molecule has 2 heteroatoms. The average molecular weight is 134 g/mol. The molecule has 1 aliphatic heterocycles. The minimum atomic E-state index is 0.650. The lowest BCUT2D eigenvalue weighted by atomic mass is 10.1. The van der Waals surface area contributed by atoms with E-state index in [9.17, 15) is 4.79 Å². The van der Waals surface area contributed by atoms with E-state index in [2.05, 4.69) is 0 Å². The van der Waals surface area contributed by atoms with Gasteiger partial charge >= 0.3 is 0 Å². The molecular formula is C8H6O2. The molecule has 1 aliphatic rings. The van der Waals surface area contributed by atoms with Crippen LogP contribution in [0.25, 0.3) is 0 Å². The predicted octanol–water partition coefficient (Wildman–Crippen LogP) is 1.39. The smallest absolute Gasteiger partial charge is 0.153 e. The minimum absolute atomic E-state index is 0.650. The Labute approximate surface area is 58.4 Å². The summed E-state index contributed by atoms with van der Waals surface area (Å²) in [6.07, 6.45) is 0.817. The molecule has 50 valence electrons. The number of hydrogen-bond donors (Lipinski definition) is 0. The van der Waals surface area contributed by atoms with E-state index < -0.39 is 0 Å². The summed E-state index contributed by atoms with van der Waals surface area (Å²) in [5.41, 5.74) is 1.79. The summed E-state index contributed by atoms with van der Waals surface area (Å²) in [6, 6.07) is 5.59. The zero-order valence-corrected chi connectivity index (χ0v) is 5.33. The maximum Gasteiger partial charge on any atom is 0.153 e. The van der Waals surface area contributed by atoms with E-state index in [1.54, 1.807) is 6.07 Å². The highest BCUT2D eigenvalue weighted by molar-refractivity contribution is 5.81. The van der Waals surface area contributed by atoms with Crippen molar-refractivity contribution in [2.24, 2.45) is 0 Å². The largest absolute Gasteiger partial charge is 0.488 e. The van der Waals surface area contributed by atoms with Gasteiger partial charge in [-0.25, -0.2) is 0 Å². The van der Waals surface area contributed by atoms with Gasteiger partial charge in [0, 0.05) is 5.56 Å². The monoisotopic (exact) mass is 134 g/mol. The third kappa shape index (κ3) is 0.559. The molecule has 0 saturated heterocycles. The van der Waals surface area contributed by atoms with Crippen LogP contribution in [-0.4, -0.2) is 6.29 Å². The molecule has 2 nitrogen and oxygen atoms in total. The molecule has 0 aromatic heterocycles. The zero-order valence-electron chi connectivity index (χ0n) is 5.33. The fraction of sp³-hybridized carbons (Fsp3) is 0.125. The second-order valence-corrected chi connectivity index (χ2v) is 2.24. The molecule has 0 N–H and O–H groups in total. The lowest BCUT2D eigenvalue weighted by Gasteiger charge is -2.20. The van der Waals surface area contributed by atoms with Crippen molar-refractivity contribution in [2.45, 2.75) is 6.61 Å². The van der Waals surface area contributed by atoms with Crippen LogP contribution < -0.4 is 4.74 Å². The van der Waals surface area contributed by atoms with Crippen LogP contribution in [0.1, 0.15) is 15.9 Å². The summed E-state index contributed by atoms with van der Waals surface area (Å²) in [5.74, 6) is 0.762. The van der Waals surface area contributed by atoms with Crippen molar-refractivity contribution in [1.82, 2.24) is 0 Å². The SMILES string of the molecule is O=Cc1cccc2c1OC2. The lowest BCUT2D eigenvalue weighted by molar-refractivity contribution is 0.111. The van der Waals surface area contributed by atoms with Crippen LogP contribution in [0, 0.1) is 0 Å². The number of benzene rings is 1. The highest BCUT2D eigenvalue weighted by Crippen LogP contribution is 2.31. The van der Waals surface area contributed by atoms with Crippen LogP contribution in [0.4, 0.5) is 0 Å². The van der Waals surface area contributed by atoms with Gasteiger partial charge in [-0.05, 0) is 6.07 Å². The van der Waals surface area contributed by atoms with Crippen molar-refractivity contribution in [3.05, 3.63) is 29.3 Å². The van der Waals surface area contributed by atoms with Crippen molar-refractivity contribution in [3.8, 4) is 5.75 Å². The topological polar surface area (TPSA) is 26.3 Å². The Balaban J connectivity index is 2.60. The molecule has 0 radical (unpaired) electrons. The maximum absolute atomic E-state index is 10.3. The fourth-order valence-corrected chi connectivity index (χ4v) is 1.06. The first-order valence-electron chi connectivity index (χ1n) is 3.11. The van der Waals surface area contributed by atoms with E-state index in [0.717, 1.165) is 17.6 Å². The van der Waals surface area contributed by atoms with E-state index >= 15 is 0 Å². The molecule has 0 atom stereocenters. The van der Waals surface area contributed by atoms with E-state index in [-0.39, 0.29) is 0 Å². The van der Waals surface area contributed by atoms with Crippen molar-refractivity contribution in [2.75, 3.05) is 0 Å². The van der Waals surface area contributed by atoms with Gasteiger partial charge in [-0.1, -0.05) is 12.1 Å². The maximum atomic E-state index is 10.3. The van der Waals surface area contributed by atoms with E-state index in [0.29, 0.717) is 12.2 Å². The number of ether oxygens (including phenoxy) is 1. The molecule has 0 unspecified atom stereocenters. The normalized spacial score (nSPS) is 12.8. The van der Waals surface area contributed by atoms with Crippen molar-refractivity contribution in [1.29, 1.82) is 0 Å². The molecule has 0 bridgehead atoms. The molecule has 0 fully saturated rings. The number of rotatable bonds is 1. The van der Waals surface area contributed by atoms with Crippen molar-refractivity contribution in [3.63, 3.8) is 0 Å². The Kier molecular flexibility index (Phi) is 1.01. The quantitative estimate of drug-likeness (QED) is 0.542. The Morgan fingerprint density at radius 2 is 2.40 bits per heavy atom. The summed E-state index contributed by atoms with van der Waals surface area (Å²) in [4.78, 5) is 10.3. The summed E-state index contributed by atoms with van der Waals surface area (Å²) in [7, 11) is 0. The van der Waals surface area contributed by atoms with E-state index in [1.807, 2.05) is 12.1 Å². The molecule has 0 saturated carbocycles. The lowest BCUT2D eigenvalue weighted by Crippen LogP contribution is -2.11. The average Bonchev–Trinajstić information content (AvgIpc) is 1.91. The summed E-state index contributed by atoms with van der Waals surface area (Å²) >= 11 is 0. The van der Waals surface area contributed by atoms with Gasteiger partial charge in [0.2, 0.25) is 0 Å². The number of carbonyl (C=O) groups excluding carboxylic acids is 1. The van der Waals surface area contributed by atoms with Gasteiger partial charge in [0.15, 0.2) is 6.29 Å². The highest BCUT2D eigenvalue weighted by Gasteiger charge is 2.17. The summed E-state index contributed by atoms with van der Waals surface area (Å²) in [6.45, 7) is 0.650. The van der Waals surface area contributed by atoms with Crippen LogP contribution in [0.2, 0.25) is 0 Å². The first-order chi connectivity index (χ1) is 4.92. The summed E-state index contributed by atoms with van der Waals surface area (Å²) in [5, 5.41) is 0. The van der Waals surface area contributed by atoms with Crippen molar-refractivity contribution < 1.29 is 9.53 Å². The minimum Gasteiger partial charge on any atom is -0.488 e. The number of carbonyl (C=O) groups is 1. The molecule has 0 aliphatic carbocycles. The Bertz CT molecular complexity index is 279. The fourth-order valence-electron chi connectivity index (χ4n) is 1.06. The number of para-hydroxylation sites is 1. The van der Waals surface area contributed by atoms with Crippen LogP contribution in [0.5, 0.6) is 5.75 Å². The van der Waals surface area contributed by atoms with E-state index in [1.165, 1.54) is 0 Å². The molecule has 10 heavy (non-hydrogen) atoms. The van der Waals surface area contributed by atoms with Gasteiger partial charge in [0.25, 0.3) is 0 Å². The molecule has 0 amide bonds. The number of hydrogen-bond acceptors (Lipinski definition) is 2. The van der Waals surface area contributed by atoms with Gasteiger partial charge in [0.1, 0.15) is 12.4 Å². The third-order valence-electron chi connectivity index (χ3n) is 1.63. The third-order valence-corrected chi connectivity index (χ3v) is 1.63. The molecule has 2 rings (SSSR count). The molecule has 1 aromatic carbocycles. The van der Waals surface area contributed by atoms with Gasteiger partial charge < -0.3 is 4.74 Å².